The number of fused-ring (bicyclic) bond motifs is 1. The Morgan fingerprint density at radius 1 is 1.36 bits per heavy atom. The van der Waals surface area contributed by atoms with Gasteiger partial charge in [0.2, 0.25) is 18.6 Å². The van der Waals surface area contributed by atoms with Gasteiger partial charge in [-0.3, -0.25) is 9.59 Å². The van der Waals surface area contributed by atoms with Gasteiger partial charge in [0.25, 0.3) is 0 Å². The molecule has 1 aromatic rings. The Bertz CT molecular complexity index is 600. The predicted octanol–water partition coefficient (Wildman–Crippen LogP) is 1.43. The fourth-order valence-corrected chi connectivity index (χ4v) is 2.97. The van der Waals surface area contributed by atoms with Crippen LogP contribution < -0.4 is 14.8 Å². The number of rotatable bonds is 4. The van der Waals surface area contributed by atoms with E-state index in [-0.39, 0.29) is 30.7 Å². The number of carbonyl (C=O) groups excluding carboxylic acids is 2. The van der Waals surface area contributed by atoms with Crippen molar-refractivity contribution in [1.82, 2.24) is 10.2 Å². The van der Waals surface area contributed by atoms with Crippen LogP contribution >= 0.6 is 0 Å². The first-order valence-electron chi connectivity index (χ1n) is 7.53. The molecular formula is C16H20N2O4. The SMILES string of the molecule is CC(C)N1C(=O)CC[C@@H]1C(=O)NCc1ccc2c(c1)OCO2. The molecule has 0 unspecified atom stereocenters. The highest BCUT2D eigenvalue weighted by molar-refractivity contribution is 5.91. The minimum atomic E-state index is -0.360. The summed E-state index contributed by atoms with van der Waals surface area (Å²) in [5, 5.41) is 2.91. The second-order valence-corrected chi connectivity index (χ2v) is 5.85. The van der Waals surface area contributed by atoms with Gasteiger partial charge in [0.05, 0.1) is 0 Å². The van der Waals surface area contributed by atoms with Crippen molar-refractivity contribution < 1.29 is 19.1 Å². The van der Waals surface area contributed by atoms with E-state index in [1.807, 2.05) is 32.0 Å². The summed E-state index contributed by atoms with van der Waals surface area (Å²) in [5.41, 5.74) is 0.943. The lowest BCUT2D eigenvalue weighted by Gasteiger charge is -2.27. The molecule has 6 nitrogen and oxygen atoms in total. The minimum absolute atomic E-state index is 0.0382. The number of nitrogens with zero attached hydrogens (tertiary/aromatic N) is 1. The van der Waals surface area contributed by atoms with Crippen molar-refractivity contribution in [2.24, 2.45) is 0 Å². The molecule has 6 heteroatoms. The number of amides is 2. The fourth-order valence-electron chi connectivity index (χ4n) is 2.97. The predicted molar refractivity (Wildman–Crippen MR) is 79.4 cm³/mol. The van der Waals surface area contributed by atoms with Gasteiger partial charge in [-0.25, -0.2) is 0 Å². The van der Waals surface area contributed by atoms with Crippen LogP contribution in [0.1, 0.15) is 32.3 Å². The molecule has 0 bridgehead atoms. The molecule has 1 fully saturated rings. The van der Waals surface area contributed by atoms with Gasteiger partial charge in [-0.15, -0.1) is 0 Å². The molecule has 2 aliphatic heterocycles. The third-order valence-corrected chi connectivity index (χ3v) is 4.02. The normalized spacial score (nSPS) is 19.9. The number of ether oxygens (including phenoxy) is 2. The Morgan fingerprint density at radius 3 is 2.91 bits per heavy atom. The van der Waals surface area contributed by atoms with E-state index in [0.717, 1.165) is 11.3 Å². The van der Waals surface area contributed by atoms with Crippen LogP contribution in [-0.4, -0.2) is 35.6 Å². The summed E-state index contributed by atoms with van der Waals surface area (Å²) in [6, 6.07) is 5.28. The molecule has 118 valence electrons. The summed E-state index contributed by atoms with van der Waals surface area (Å²) >= 11 is 0. The van der Waals surface area contributed by atoms with Gasteiger partial charge in [0, 0.05) is 19.0 Å². The molecule has 2 amide bonds. The van der Waals surface area contributed by atoms with E-state index in [1.54, 1.807) is 4.90 Å². The maximum Gasteiger partial charge on any atom is 0.243 e. The number of hydrogen-bond acceptors (Lipinski definition) is 4. The Morgan fingerprint density at radius 2 is 2.14 bits per heavy atom. The van der Waals surface area contributed by atoms with E-state index in [2.05, 4.69) is 5.32 Å². The molecule has 0 spiro atoms. The van der Waals surface area contributed by atoms with Crippen molar-refractivity contribution in [2.75, 3.05) is 6.79 Å². The Balaban J connectivity index is 1.61. The largest absolute Gasteiger partial charge is 0.454 e. The zero-order valence-corrected chi connectivity index (χ0v) is 12.8. The zero-order chi connectivity index (χ0) is 15.7. The number of nitrogens with one attached hydrogen (secondary N) is 1. The molecular weight excluding hydrogens is 284 g/mol. The van der Waals surface area contributed by atoms with Crippen molar-refractivity contribution in [3.63, 3.8) is 0 Å². The molecule has 0 aromatic heterocycles. The molecule has 2 aliphatic rings. The number of hydrogen-bond donors (Lipinski definition) is 1. The summed E-state index contributed by atoms with van der Waals surface area (Å²) < 4.78 is 10.6. The average molecular weight is 304 g/mol. The lowest BCUT2D eigenvalue weighted by molar-refractivity contribution is -0.137. The van der Waals surface area contributed by atoms with Gasteiger partial charge in [0.15, 0.2) is 11.5 Å². The first-order chi connectivity index (χ1) is 10.6. The van der Waals surface area contributed by atoms with E-state index in [4.69, 9.17) is 9.47 Å². The van der Waals surface area contributed by atoms with E-state index >= 15 is 0 Å². The third kappa shape index (κ3) is 2.73. The molecule has 0 saturated carbocycles. The first-order valence-corrected chi connectivity index (χ1v) is 7.53. The molecule has 1 aromatic carbocycles. The van der Waals surface area contributed by atoms with Crippen LogP contribution in [0.4, 0.5) is 0 Å². The summed E-state index contributed by atoms with van der Waals surface area (Å²) in [4.78, 5) is 25.9. The molecule has 1 saturated heterocycles. The van der Waals surface area contributed by atoms with E-state index in [1.165, 1.54) is 0 Å². The summed E-state index contributed by atoms with van der Waals surface area (Å²) in [6.07, 6.45) is 1.03. The summed E-state index contributed by atoms with van der Waals surface area (Å²) in [5.74, 6) is 1.38. The van der Waals surface area contributed by atoms with E-state index in [9.17, 15) is 9.59 Å². The molecule has 22 heavy (non-hydrogen) atoms. The van der Waals surface area contributed by atoms with Crippen molar-refractivity contribution in [1.29, 1.82) is 0 Å². The maximum atomic E-state index is 12.4. The van der Waals surface area contributed by atoms with Crippen LogP contribution in [0, 0.1) is 0 Å². The van der Waals surface area contributed by atoms with Crippen LogP contribution in [0.15, 0.2) is 18.2 Å². The standard InChI is InChI=1S/C16H20N2O4/c1-10(2)18-12(4-6-15(18)19)16(20)17-8-11-3-5-13-14(7-11)22-9-21-13/h3,5,7,10,12H,4,6,8-9H2,1-2H3,(H,17,20)/t12-/m1/s1. The number of likely N-dealkylation sites (tertiary alicyclic amines) is 1. The van der Waals surface area contributed by atoms with Crippen LogP contribution in [-0.2, 0) is 16.1 Å². The second-order valence-electron chi connectivity index (χ2n) is 5.85. The third-order valence-electron chi connectivity index (χ3n) is 4.02. The van der Waals surface area contributed by atoms with Gasteiger partial charge >= 0.3 is 0 Å². The van der Waals surface area contributed by atoms with Crippen LogP contribution in [0.2, 0.25) is 0 Å². The highest BCUT2D eigenvalue weighted by atomic mass is 16.7. The lowest BCUT2D eigenvalue weighted by Crippen LogP contribution is -2.47. The number of carbonyl (C=O) groups is 2. The van der Waals surface area contributed by atoms with Crippen molar-refractivity contribution in [3.8, 4) is 11.5 Å². The van der Waals surface area contributed by atoms with Gasteiger partial charge in [-0.05, 0) is 38.0 Å². The second kappa shape index (κ2) is 5.87. The lowest BCUT2D eigenvalue weighted by atomic mass is 10.1. The summed E-state index contributed by atoms with van der Waals surface area (Å²) in [6.45, 7) is 4.51. The van der Waals surface area contributed by atoms with Gasteiger partial charge in [-0.2, -0.15) is 0 Å². The van der Waals surface area contributed by atoms with Crippen molar-refractivity contribution in [2.45, 2.75) is 45.3 Å². The minimum Gasteiger partial charge on any atom is -0.454 e. The van der Waals surface area contributed by atoms with Gasteiger partial charge in [-0.1, -0.05) is 6.07 Å². The highest BCUT2D eigenvalue weighted by Crippen LogP contribution is 2.32. The van der Waals surface area contributed by atoms with Crippen molar-refractivity contribution in [3.05, 3.63) is 23.8 Å². The Kier molecular flexibility index (Phi) is 3.92. The fraction of sp³-hybridized carbons (Fsp3) is 0.500. The van der Waals surface area contributed by atoms with Crippen LogP contribution in [0.3, 0.4) is 0 Å². The molecule has 0 radical (unpaired) electrons. The Hall–Kier alpha value is -2.24. The van der Waals surface area contributed by atoms with Crippen LogP contribution in [0.25, 0.3) is 0 Å². The van der Waals surface area contributed by atoms with Gasteiger partial charge < -0.3 is 19.7 Å². The summed E-state index contributed by atoms with van der Waals surface area (Å²) in [7, 11) is 0. The molecule has 3 rings (SSSR count). The topological polar surface area (TPSA) is 67.9 Å². The molecule has 2 heterocycles. The Labute approximate surface area is 129 Å². The average Bonchev–Trinajstić information content (AvgIpc) is 3.10. The zero-order valence-electron chi connectivity index (χ0n) is 12.8. The van der Waals surface area contributed by atoms with Gasteiger partial charge in [0.1, 0.15) is 6.04 Å². The molecule has 1 atom stereocenters. The molecule has 0 aliphatic carbocycles. The monoisotopic (exact) mass is 304 g/mol. The molecule has 1 N–H and O–H groups in total. The van der Waals surface area contributed by atoms with E-state index < -0.39 is 0 Å². The maximum absolute atomic E-state index is 12.4. The smallest absolute Gasteiger partial charge is 0.243 e. The first kappa shape index (κ1) is 14.7. The van der Waals surface area contributed by atoms with Crippen LogP contribution in [0.5, 0.6) is 11.5 Å². The van der Waals surface area contributed by atoms with Crippen molar-refractivity contribution >= 4 is 11.8 Å². The van der Waals surface area contributed by atoms with E-state index in [0.29, 0.717) is 25.1 Å². The quantitative estimate of drug-likeness (QED) is 0.914. The highest BCUT2D eigenvalue weighted by Gasteiger charge is 2.37. The number of benzene rings is 1.